The number of hydrogen-bond acceptors (Lipinski definition) is 2. The molecule has 1 aromatic carbocycles. The second kappa shape index (κ2) is 3.71. The zero-order valence-corrected chi connectivity index (χ0v) is 10.5. The fraction of sp³-hybridized carbons (Fsp3) is 0.438. The summed E-state index contributed by atoms with van der Waals surface area (Å²) < 4.78 is 0. The van der Waals surface area contributed by atoms with E-state index in [1.165, 1.54) is 36.9 Å². The van der Waals surface area contributed by atoms with Crippen molar-refractivity contribution in [2.75, 3.05) is 5.73 Å². The quantitative estimate of drug-likeness (QED) is 0.761. The third-order valence-electron chi connectivity index (χ3n) is 4.72. The summed E-state index contributed by atoms with van der Waals surface area (Å²) in [5, 5.41) is 1.14. The topological polar surface area (TPSA) is 38.9 Å². The number of nitrogen functional groups attached to an aromatic ring is 1. The molecule has 1 heterocycles. The highest BCUT2D eigenvalue weighted by Gasteiger charge is 2.33. The lowest BCUT2D eigenvalue weighted by Gasteiger charge is -2.36. The molecule has 2 aliphatic rings. The largest absolute Gasteiger partial charge is 0.398 e. The average Bonchev–Trinajstić information content (AvgIpc) is 2.39. The SMILES string of the molecule is Nc1c2c(nc3ccccc13)CC1CCCC2C1. The summed E-state index contributed by atoms with van der Waals surface area (Å²) >= 11 is 0. The van der Waals surface area contributed by atoms with Crippen molar-refractivity contribution in [2.24, 2.45) is 5.92 Å². The van der Waals surface area contributed by atoms with Gasteiger partial charge in [-0.3, -0.25) is 4.98 Å². The Labute approximate surface area is 107 Å². The first-order valence-corrected chi connectivity index (χ1v) is 7.00. The molecule has 0 saturated heterocycles. The minimum Gasteiger partial charge on any atom is -0.398 e. The highest BCUT2D eigenvalue weighted by atomic mass is 14.7. The summed E-state index contributed by atoms with van der Waals surface area (Å²) in [6.07, 6.45) is 6.51. The van der Waals surface area contributed by atoms with Gasteiger partial charge in [0, 0.05) is 22.3 Å². The molecule has 0 amide bonds. The summed E-state index contributed by atoms with van der Waals surface area (Å²) in [5.41, 5.74) is 11.2. The van der Waals surface area contributed by atoms with Crippen LogP contribution in [0.4, 0.5) is 5.69 Å². The van der Waals surface area contributed by atoms with Crippen LogP contribution in [0.1, 0.15) is 42.9 Å². The van der Waals surface area contributed by atoms with Crippen molar-refractivity contribution in [3.8, 4) is 0 Å². The number of fused-ring (bicyclic) bond motifs is 5. The molecular formula is C16H18N2. The molecule has 18 heavy (non-hydrogen) atoms. The van der Waals surface area contributed by atoms with E-state index >= 15 is 0 Å². The molecule has 2 unspecified atom stereocenters. The lowest BCUT2D eigenvalue weighted by molar-refractivity contribution is 0.296. The zero-order chi connectivity index (χ0) is 12.1. The molecule has 1 aromatic heterocycles. The number of anilines is 1. The highest BCUT2D eigenvalue weighted by molar-refractivity contribution is 5.92. The number of nitrogens with two attached hydrogens (primary N) is 1. The van der Waals surface area contributed by atoms with E-state index in [-0.39, 0.29) is 0 Å². The maximum absolute atomic E-state index is 6.44. The second-order valence-electron chi connectivity index (χ2n) is 5.84. The first-order valence-electron chi connectivity index (χ1n) is 7.00. The Hall–Kier alpha value is -1.57. The van der Waals surface area contributed by atoms with Crippen LogP contribution in [0.5, 0.6) is 0 Å². The minimum atomic E-state index is 0.671. The maximum Gasteiger partial charge on any atom is 0.0726 e. The third kappa shape index (κ3) is 1.38. The molecule has 2 heteroatoms. The number of aromatic nitrogens is 1. The van der Waals surface area contributed by atoms with Gasteiger partial charge >= 0.3 is 0 Å². The molecule has 2 nitrogen and oxygen atoms in total. The number of hydrogen-bond donors (Lipinski definition) is 1. The molecule has 1 saturated carbocycles. The van der Waals surface area contributed by atoms with E-state index in [1.807, 2.05) is 6.07 Å². The van der Waals surface area contributed by atoms with Gasteiger partial charge in [0.05, 0.1) is 5.52 Å². The van der Waals surface area contributed by atoms with E-state index in [4.69, 9.17) is 10.7 Å². The monoisotopic (exact) mass is 238 g/mol. The van der Waals surface area contributed by atoms with Crippen LogP contribution in [0.25, 0.3) is 10.9 Å². The van der Waals surface area contributed by atoms with Crippen LogP contribution in [-0.4, -0.2) is 4.98 Å². The fourth-order valence-electron chi connectivity index (χ4n) is 3.93. The van der Waals surface area contributed by atoms with Crippen LogP contribution < -0.4 is 5.73 Å². The van der Waals surface area contributed by atoms with Gasteiger partial charge in [0.1, 0.15) is 0 Å². The van der Waals surface area contributed by atoms with Crippen molar-refractivity contribution in [1.82, 2.24) is 4.98 Å². The maximum atomic E-state index is 6.44. The number of para-hydroxylation sites is 1. The molecule has 0 spiro atoms. The van der Waals surface area contributed by atoms with Crippen molar-refractivity contribution in [3.05, 3.63) is 35.5 Å². The Morgan fingerprint density at radius 1 is 1.17 bits per heavy atom. The molecular weight excluding hydrogens is 220 g/mol. The molecule has 2 bridgehead atoms. The molecule has 2 atom stereocenters. The van der Waals surface area contributed by atoms with Gasteiger partial charge in [0.2, 0.25) is 0 Å². The van der Waals surface area contributed by atoms with Gasteiger partial charge in [0.25, 0.3) is 0 Å². The van der Waals surface area contributed by atoms with Crippen LogP contribution in [0, 0.1) is 5.92 Å². The molecule has 2 aliphatic carbocycles. The summed E-state index contributed by atoms with van der Waals surface area (Å²) in [6, 6.07) is 8.29. The van der Waals surface area contributed by atoms with Crippen molar-refractivity contribution < 1.29 is 0 Å². The Morgan fingerprint density at radius 3 is 3.00 bits per heavy atom. The first-order chi connectivity index (χ1) is 8.83. The Balaban J connectivity index is 2.00. The standard InChI is InChI=1S/C16H18N2/c17-16-12-6-1-2-7-13(12)18-14-9-10-4-3-5-11(8-10)15(14)16/h1-2,6-7,10-11H,3-5,8-9H2,(H2,17,18). The predicted molar refractivity (Wildman–Crippen MR) is 74.6 cm³/mol. The van der Waals surface area contributed by atoms with Gasteiger partial charge in [-0.25, -0.2) is 0 Å². The molecule has 4 rings (SSSR count). The lowest BCUT2D eigenvalue weighted by atomic mass is 9.70. The van der Waals surface area contributed by atoms with Crippen molar-refractivity contribution in [1.29, 1.82) is 0 Å². The molecule has 1 fully saturated rings. The summed E-state index contributed by atoms with van der Waals surface area (Å²) in [6.45, 7) is 0. The van der Waals surface area contributed by atoms with Gasteiger partial charge in [0.15, 0.2) is 0 Å². The van der Waals surface area contributed by atoms with E-state index in [1.54, 1.807) is 0 Å². The van der Waals surface area contributed by atoms with Crippen LogP contribution in [0.15, 0.2) is 24.3 Å². The van der Waals surface area contributed by atoms with Gasteiger partial charge < -0.3 is 5.73 Å². The van der Waals surface area contributed by atoms with Crippen LogP contribution >= 0.6 is 0 Å². The van der Waals surface area contributed by atoms with E-state index in [9.17, 15) is 0 Å². The Bertz CT molecular complexity index is 618. The number of rotatable bonds is 0. The van der Waals surface area contributed by atoms with Gasteiger partial charge in [-0.1, -0.05) is 31.0 Å². The van der Waals surface area contributed by atoms with Gasteiger partial charge in [-0.15, -0.1) is 0 Å². The number of pyridine rings is 1. The molecule has 92 valence electrons. The number of benzene rings is 1. The molecule has 2 N–H and O–H groups in total. The summed E-state index contributed by atoms with van der Waals surface area (Å²) in [4.78, 5) is 4.88. The van der Waals surface area contributed by atoms with Gasteiger partial charge in [-0.05, 0) is 37.2 Å². The van der Waals surface area contributed by atoms with E-state index in [0.29, 0.717) is 5.92 Å². The molecule has 0 aliphatic heterocycles. The number of nitrogens with zero attached hydrogens (tertiary/aromatic N) is 1. The fourth-order valence-corrected chi connectivity index (χ4v) is 3.93. The predicted octanol–water partition coefficient (Wildman–Crippen LogP) is 3.65. The molecule has 0 radical (unpaired) electrons. The second-order valence-corrected chi connectivity index (χ2v) is 5.84. The van der Waals surface area contributed by atoms with E-state index < -0.39 is 0 Å². The molecule has 2 aromatic rings. The van der Waals surface area contributed by atoms with E-state index in [0.717, 1.165) is 28.9 Å². The van der Waals surface area contributed by atoms with Gasteiger partial charge in [-0.2, -0.15) is 0 Å². The average molecular weight is 238 g/mol. The third-order valence-corrected chi connectivity index (χ3v) is 4.72. The summed E-state index contributed by atoms with van der Waals surface area (Å²) in [7, 11) is 0. The van der Waals surface area contributed by atoms with Crippen LogP contribution in [0.3, 0.4) is 0 Å². The summed E-state index contributed by atoms with van der Waals surface area (Å²) in [5.74, 6) is 1.52. The van der Waals surface area contributed by atoms with Crippen LogP contribution in [0.2, 0.25) is 0 Å². The smallest absolute Gasteiger partial charge is 0.0726 e. The Morgan fingerprint density at radius 2 is 2.06 bits per heavy atom. The van der Waals surface area contributed by atoms with Crippen LogP contribution in [-0.2, 0) is 6.42 Å². The highest BCUT2D eigenvalue weighted by Crippen LogP contribution is 2.46. The van der Waals surface area contributed by atoms with Crippen molar-refractivity contribution >= 4 is 16.6 Å². The zero-order valence-electron chi connectivity index (χ0n) is 10.5. The Kier molecular flexibility index (Phi) is 2.14. The first kappa shape index (κ1) is 10.4. The lowest BCUT2D eigenvalue weighted by Crippen LogP contribution is -2.25. The van der Waals surface area contributed by atoms with Crippen molar-refractivity contribution in [2.45, 2.75) is 38.0 Å². The normalized spacial score (nSPS) is 26.0. The van der Waals surface area contributed by atoms with Crippen molar-refractivity contribution in [3.63, 3.8) is 0 Å². The minimum absolute atomic E-state index is 0.671. The van der Waals surface area contributed by atoms with E-state index in [2.05, 4.69) is 18.2 Å².